The maximum Gasteiger partial charge on any atom is 0.241 e. The van der Waals surface area contributed by atoms with Crippen LogP contribution in [0.1, 0.15) is 39.2 Å². The molecule has 1 aliphatic heterocycles. The van der Waals surface area contributed by atoms with Crippen molar-refractivity contribution in [2.75, 3.05) is 19.6 Å². The van der Waals surface area contributed by atoms with Crippen molar-refractivity contribution in [2.24, 2.45) is 11.3 Å². The first-order valence-corrected chi connectivity index (χ1v) is 9.25. The molecule has 0 spiro atoms. The molecule has 1 heterocycles. The number of piperidine rings is 1. The molecule has 1 saturated heterocycles. The van der Waals surface area contributed by atoms with Crippen molar-refractivity contribution >= 4 is 17.7 Å². The SMILES string of the molecule is CC(C)(C)C(=O)NCC(=O)N1CCC(C(=O)NCc2ccc(F)cc2)CC1. The van der Waals surface area contributed by atoms with Gasteiger partial charge in [0.1, 0.15) is 5.82 Å². The molecule has 148 valence electrons. The summed E-state index contributed by atoms with van der Waals surface area (Å²) in [6.45, 7) is 6.72. The number of benzene rings is 1. The van der Waals surface area contributed by atoms with Crippen molar-refractivity contribution in [1.29, 1.82) is 0 Å². The average Bonchev–Trinajstić information content (AvgIpc) is 2.64. The van der Waals surface area contributed by atoms with Crippen LogP contribution in [-0.2, 0) is 20.9 Å². The number of halogens is 1. The lowest BCUT2D eigenvalue weighted by atomic mass is 9.95. The van der Waals surface area contributed by atoms with E-state index in [1.165, 1.54) is 12.1 Å². The smallest absolute Gasteiger partial charge is 0.241 e. The molecule has 0 aromatic heterocycles. The van der Waals surface area contributed by atoms with Crippen molar-refractivity contribution in [2.45, 2.75) is 40.2 Å². The number of nitrogens with one attached hydrogen (secondary N) is 2. The van der Waals surface area contributed by atoms with Gasteiger partial charge in [-0.3, -0.25) is 14.4 Å². The van der Waals surface area contributed by atoms with Crippen molar-refractivity contribution in [3.05, 3.63) is 35.6 Å². The third kappa shape index (κ3) is 6.34. The number of likely N-dealkylation sites (tertiary alicyclic amines) is 1. The summed E-state index contributed by atoms with van der Waals surface area (Å²) in [4.78, 5) is 38.1. The Labute approximate surface area is 159 Å². The van der Waals surface area contributed by atoms with E-state index >= 15 is 0 Å². The van der Waals surface area contributed by atoms with Crippen LogP contribution in [0.2, 0.25) is 0 Å². The van der Waals surface area contributed by atoms with Crippen LogP contribution in [0, 0.1) is 17.2 Å². The number of carbonyl (C=O) groups is 3. The molecule has 27 heavy (non-hydrogen) atoms. The Morgan fingerprint density at radius 3 is 2.22 bits per heavy atom. The minimum atomic E-state index is -0.532. The van der Waals surface area contributed by atoms with Gasteiger partial charge in [-0.15, -0.1) is 0 Å². The molecule has 3 amide bonds. The molecular formula is C20H28FN3O3. The number of amides is 3. The van der Waals surface area contributed by atoms with Crippen LogP contribution in [0.15, 0.2) is 24.3 Å². The first-order chi connectivity index (χ1) is 12.7. The van der Waals surface area contributed by atoms with Gasteiger partial charge in [-0.05, 0) is 30.5 Å². The fourth-order valence-electron chi connectivity index (χ4n) is 2.86. The molecule has 2 N–H and O–H groups in total. The molecule has 0 bridgehead atoms. The van der Waals surface area contributed by atoms with Gasteiger partial charge in [0.05, 0.1) is 6.54 Å². The molecule has 7 heteroatoms. The average molecular weight is 377 g/mol. The van der Waals surface area contributed by atoms with E-state index in [1.807, 2.05) is 0 Å². The van der Waals surface area contributed by atoms with Crippen LogP contribution >= 0.6 is 0 Å². The van der Waals surface area contributed by atoms with Crippen molar-refractivity contribution in [3.8, 4) is 0 Å². The summed E-state index contributed by atoms with van der Waals surface area (Å²) < 4.78 is 12.9. The quantitative estimate of drug-likeness (QED) is 0.822. The molecule has 0 atom stereocenters. The molecule has 0 aliphatic carbocycles. The zero-order chi connectivity index (χ0) is 20.0. The highest BCUT2D eigenvalue weighted by molar-refractivity contribution is 5.87. The first kappa shape index (κ1) is 20.9. The van der Waals surface area contributed by atoms with Crippen LogP contribution in [0.5, 0.6) is 0 Å². The normalized spacial score (nSPS) is 15.3. The van der Waals surface area contributed by atoms with Crippen LogP contribution in [0.4, 0.5) is 4.39 Å². The Morgan fingerprint density at radius 2 is 1.67 bits per heavy atom. The van der Waals surface area contributed by atoms with Crippen molar-refractivity contribution in [3.63, 3.8) is 0 Å². The van der Waals surface area contributed by atoms with Crippen molar-refractivity contribution in [1.82, 2.24) is 15.5 Å². The predicted molar refractivity (Wildman–Crippen MR) is 100 cm³/mol. The zero-order valence-corrected chi connectivity index (χ0v) is 16.2. The number of carbonyl (C=O) groups excluding carboxylic acids is 3. The van der Waals surface area contributed by atoms with Gasteiger partial charge >= 0.3 is 0 Å². The number of nitrogens with zero attached hydrogens (tertiary/aromatic N) is 1. The second-order valence-electron chi connectivity index (χ2n) is 7.93. The van der Waals surface area contributed by atoms with E-state index in [0.29, 0.717) is 32.5 Å². The molecule has 6 nitrogen and oxygen atoms in total. The molecule has 2 rings (SSSR count). The van der Waals surface area contributed by atoms with E-state index in [4.69, 9.17) is 0 Å². The molecule has 1 fully saturated rings. The summed E-state index contributed by atoms with van der Waals surface area (Å²) in [6.07, 6.45) is 1.18. The lowest BCUT2D eigenvalue weighted by molar-refractivity contribution is -0.137. The van der Waals surface area contributed by atoms with E-state index in [-0.39, 0.29) is 36.0 Å². The Balaban J connectivity index is 1.72. The van der Waals surface area contributed by atoms with Crippen LogP contribution in [0.3, 0.4) is 0 Å². The van der Waals surface area contributed by atoms with E-state index in [1.54, 1.807) is 37.8 Å². The highest BCUT2D eigenvalue weighted by Crippen LogP contribution is 2.18. The van der Waals surface area contributed by atoms with Gasteiger partial charge in [-0.2, -0.15) is 0 Å². The topological polar surface area (TPSA) is 78.5 Å². The summed E-state index contributed by atoms with van der Waals surface area (Å²) in [5.74, 6) is -0.782. The third-order valence-corrected chi connectivity index (χ3v) is 4.68. The van der Waals surface area contributed by atoms with Gasteiger partial charge < -0.3 is 15.5 Å². The predicted octanol–water partition coefficient (Wildman–Crippen LogP) is 1.84. The lowest BCUT2D eigenvalue weighted by Gasteiger charge is -2.31. The second kappa shape index (κ2) is 8.97. The number of rotatable bonds is 5. The first-order valence-electron chi connectivity index (χ1n) is 9.25. The van der Waals surface area contributed by atoms with Gasteiger partial charge in [0.25, 0.3) is 0 Å². The van der Waals surface area contributed by atoms with Crippen LogP contribution in [0.25, 0.3) is 0 Å². The highest BCUT2D eigenvalue weighted by Gasteiger charge is 2.28. The largest absolute Gasteiger partial charge is 0.352 e. The number of hydrogen-bond acceptors (Lipinski definition) is 3. The fourth-order valence-corrected chi connectivity index (χ4v) is 2.86. The maximum atomic E-state index is 12.9. The van der Waals surface area contributed by atoms with E-state index < -0.39 is 5.41 Å². The summed E-state index contributed by atoms with van der Waals surface area (Å²) in [5, 5.41) is 5.53. The highest BCUT2D eigenvalue weighted by atomic mass is 19.1. The molecule has 0 radical (unpaired) electrons. The van der Waals surface area contributed by atoms with Gasteiger partial charge in [-0.1, -0.05) is 32.9 Å². The van der Waals surface area contributed by atoms with Crippen LogP contribution < -0.4 is 10.6 Å². The molecule has 0 unspecified atom stereocenters. The van der Waals surface area contributed by atoms with Gasteiger partial charge in [0.15, 0.2) is 0 Å². The van der Waals surface area contributed by atoms with E-state index in [9.17, 15) is 18.8 Å². The summed E-state index contributed by atoms with van der Waals surface area (Å²) >= 11 is 0. The Morgan fingerprint density at radius 1 is 1.07 bits per heavy atom. The molecule has 0 saturated carbocycles. The van der Waals surface area contributed by atoms with Crippen molar-refractivity contribution < 1.29 is 18.8 Å². The van der Waals surface area contributed by atoms with Gasteiger partial charge in [0.2, 0.25) is 17.7 Å². The monoisotopic (exact) mass is 377 g/mol. The number of hydrogen-bond donors (Lipinski definition) is 2. The second-order valence-corrected chi connectivity index (χ2v) is 7.93. The minimum absolute atomic E-state index is 0.0163. The van der Waals surface area contributed by atoms with Gasteiger partial charge in [0, 0.05) is 31.0 Å². The Kier molecular flexibility index (Phi) is 6.93. The molecule has 1 aliphatic rings. The Hall–Kier alpha value is -2.44. The summed E-state index contributed by atoms with van der Waals surface area (Å²) in [5.41, 5.74) is 0.308. The Bertz CT molecular complexity index is 675. The summed E-state index contributed by atoms with van der Waals surface area (Å²) in [6, 6.07) is 6.01. The summed E-state index contributed by atoms with van der Waals surface area (Å²) in [7, 11) is 0. The molecular weight excluding hydrogens is 349 g/mol. The van der Waals surface area contributed by atoms with Gasteiger partial charge in [-0.25, -0.2) is 4.39 Å². The van der Waals surface area contributed by atoms with E-state index in [0.717, 1.165) is 5.56 Å². The molecule has 1 aromatic carbocycles. The zero-order valence-electron chi connectivity index (χ0n) is 16.2. The lowest BCUT2D eigenvalue weighted by Crippen LogP contribution is -2.47. The third-order valence-electron chi connectivity index (χ3n) is 4.68. The standard InChI is InChI=1S/C20H28FN3O3/c1-20(2,3)19(27)23-13-17(25)24-10-8-15(9-11-24)18(26)22-12-14-4-6-16(21)7-5-14/h4-7,15H,8-13H2,1-3H3,(H,22,26)(H,23,27). The minimum Gasteiger partial charge on any atom is -0.352 e. The fraction of sp³-hybridized carbons (Fsp3) is 0.550. The van der Waals surface area contributed by atoms with Crippen LogP contribution in [-0.4, -0.2) is 42.3 Å². The van der Waals surface area contributed by atoms with E-state index in [2.05, 4.69) is 10.6 Å². The maximum absolute atomic E-state index is 12.9. The molecule has 1 aromatic rings.